The maximum absolute atomic E-state index is 11.7. The molecule has 3 aromatic rings. The van der Waals surface area contributed by atoms with Gasteiger partial charge in [0.25, 0.3) is 5.91 Å². The molecule has 0 aliphatic heterocycles. The number of nitrogens with zero attached hydrogens (tertiary/aromatic N) is 2. The summed E-state index contributed by atoms with van der Waals surface area (Å²) in [5.41, 5.74) is 6.92. The van der Waals surface area contributed by atoms with Gasteiger partial charge in [-0.1, -0.05) is 42.2 Å². The molecule has 26 heavy (non-hydrogen) atoms. The van der Waals surface area contributed by atoms with Crippen LogP contribution >= 0.6 is 11.6 Å². The summed E-state index contributed by atoms with van der Waals surface area (Å²) in [6, 6.07) is 10.8. The fourth-order valence-electron chi connectivity index (χ4n) is 2.44. The lowest BCUT2D eigenvalue weighted by atomic mass is 10.0. The summed E-state index contributed by atoms with van der Waals surface area (Å²) >= 11 is 6.02. The number of carbonyl (C=O) groups excluding carboxylic acids is 1. The van der Waals surface area contributed by atoms with Gasteiger partial charge in [-0.3, -0.25) is 9.20 Å². The lowest BCUT2D eigenvalue weighted by Crippen LogP contribution is -2.16. The number of fused-ring (bicyclic) bond motifs is 1. The second-order valence-corrected chi connectivity index (χ2v) is 6.37. The second-order valence-electron chi connectivity index (χ2n) is 5.93. The Balaban J connectivity index is 2.15. The minimum Gasteiger partial charge on any atom is -0.374 e. The quantitative estimate of drug-likeness (QED) is 0.553. The molecule has 0 aliphatic rings. The van der Waals surface area contributed by atoms with Crippen molar-refractivity contribution in [3.63, 3.8) is 0 Å². The Morgan fingerprint density at radius 3 is 2.88 bits per heavy atom. The molecule has 3 rings (SSSR count). The molecule has 0 bridgehead atoms. The topological polar surface area (TPSA) is 80.6 Å². The zero-order chi connectivity index (χ0) is 18.9. The molecular formula is C20H16ClN3O2. The van der Waals surface area contributed by atoms with Gasteiger partial charge in [0.2, 0.25) is 5.82 Å². The van der Waals surface area contributed by atoms with Crippen LogP contribution in [0.2, 0.25) is 5.02 Å². The molecule has 5 nitrogen and oxygen atoms in total. The van der Waals surface area contributed by atoms with Crippen molar-refractivity contribution in [3.05, 3.63) is 71.7 Å². The molecule has 6 heteroatoms. The van der Waals surface area contributed by atoms with E-state index in [4.69, 9.17) is 17.3 Å². The molecule has 0 saturated heterocycles. The van der Waals surface area contributed by atoms with Crippen LogP contribution in [0.4, 0.5) is 0 Å². The van der Waals surface area contributed by atoms with Gasteiger partial charge in [-0.05, 0) is 37.3 Å². The first kappa shape index (κ1) is 17.7. The third-order valence-electron chi connectivity index (χ3n) is 3.81. The van der Waals surface area contributed by atoms with Gasteiger partial charge >= 0.3 is 0 Å². The number of nitrogens with two attached hydrogens (primary N) is 1. The average Bonchev–Trinajstić information content (AvgIpc) is 2.99. The number of hydrogen-bond acceptors (Lipinski definition) is 3. The Kier molecular flexibility index (Phi) is 4.56. The van der Waals surface area contributed by atoms with Gasteiger partial charge in [0.15, 0.2) is 0 Å². The Morgan fingerprint density at radius 2 is 2.19 bits per heavy atom. The van der Waals surface area contributed by atoms with Gasteiger partial charge < -0.3 is 10.8 Å². The molecule has 0 saturated carbocycles. The molecule has 3 N–H and O–H groups in total. The largest absolute Gasteiger partial charge is 0.374 e. The van der Waals surface area contributed by atoms with Crippen molar-refractivity contribution < 1.29 is 9.90 Å². The summed E-state index contributed by atoms with van der Waals surface area (Å²) in [7, 11) is 0. The highest BCUT2D eigenvalue weighted by atomic mass is 35.5. The standard InChI is InChI=1S/C20H16ClN3O2/c1-3-20(2,26)10-9-13-5-4-6-14(11-13)17-16-8-7-15(21)12-24(16)19(23-17)18(22)25/h3-8,11-12,26H,1H2,2H3,(H2,22,25). The molecule has 0 aliphatic carbocycles. The first-order valence-corrected chi connectivity index (χ1v) is 8.15. The highest BCUT2D eigenvalue weighted by Gasteiger charge is 2.17. The maximum atomic E-state index is 11.7. The Morgan fingerprint density at radius 1 is 1.42 bits per heavy atom. The van der Waals surface area contributed by atoms with Crippen molar-refractivity contribution >= 4 is 23.0 Å². The van der Waals surface area contributed by atoms with Crippen LogP contribution in [0.5, 0.6) is 0 Å². The predicted molar refractivity (Wildman–Crippen MR) is 102 cm³/mol. The number of aromatic nitrogens is 2. The summed E-state index contributed by atoms with van der Waals surface area (Å²) in [5.74, 6) is 5.11. The summed E-state index contributed by atoms with van der Waals surface area (Å²) < 4.78 is 1.57. The van der Waals surface area contributed by atoms with Crippen LogP contribution in [0, 0.1) is 11.8 Å². The van der Waals surface area contributed by atoms with E-state index in [0.717, 1.165) is 5.56 Å². The lowest BCUT2D eigenvalue weighted by Gasteiger charge is -2.08. The van der Waals surface area contributed by atoms with Gasteiger partial charge in [-0.25, -0.2) is 4.98 Å². The molecular weight excluding hydrogens is 350 g/mol. The molecule has 2 heterocycles. The molecule has 1 amide bonds. The monoisotopic (exact) mass is 365 g/mol. The van der Waals surface area contributed by atoms with Crippen molar-refractivity contribution in [1.82, 2.24) is 9.38 Å². The van der Waals surface area contributed by atoms with Crippen LogP contribution in [0.25, 0.3) is 16.8 Å². The first-order valence-electron chi connectivity index (χ1n) is 7.78. The fourth-order valence-corrected chi connectivity index (χ4v) is 2.60. The number of carbonyl (C=O) groups is 1. The fraction of sp³-hybridized carbons (Fsp3) is 0.100. The Hall–Kier alpha value is -3.07. The van der Waals surface area contributed by atoms with Crippen molar-refractivity contribution in [2.24, 2.45) is 5.73 Å². The molecule has 0 spiro atoms. The van der Waals surface area contributed by atoms with Crippen LogP contribution in [0.1, 0.15) is 23.1 Å². The van der Waals surface area contributed by atoms with E-state index in [1.54, 1.807) is 29.7 Å². The Bertz CT molecular complexity index is 1090. The number of benzene rings is 1. The predicted octanol–water partition coefficient (Wildman–Crippen LogP) is 3.04. The second kappa shape index (κ2) is 6.68. The van der Waals surface area contributed by atoms with Crippen LogP contribution < -0.4 is 5.73 Å². The maximum Gasteiger partial charge on any atom is 0.285 e. The summed E-state index contributed by atoms with van der Waals surface area (Å²) in [4.78, 5) is 16.1. The number of aliphatic hydroxyl groups is 1. The minimum absolute atomic E-state index is 0.101. The number of halogens is 1. The van der Waals surface area contributed by atoms with Crippen LogP contribution in [-0.2, 0) is 0 Å². The minimum atomic E-state index is -1.27. The molecule has 0 fully saturated rings. The van der Waals surface area contributed by atoms with Gasteiger partial charge in [-0.2, -0.15) is 0 Å². The molecule has 2 aromatic heterocycles. The average molecular weight is 366 g/mol. The number of hydrogen-bond donors (Lipinski definition) is 2. The van der Waals surface area contributed by atoms with Crippen molar-refractivity contribution in [3.8, 4) is 23.1 Å². The van der Waals surface area contributed by atoms with Crippen molar-refractivity contribution in [2.75, 3.05) is 0 Å². The number of amides is 1. The number of pyridine rings is 1. The van der Waals surface area contributed by atoms with Crippen LogP contribution in [0.3, 0.4) is 0 Å². The molecule has 0 radical (unpaired) electrons. The van der Waals surface area contributed by atoms with E-state index in [0.29, 0.717) is 21.8 Å². The SMILES string of the molecule is C=CC(C)(O)C#Cc1cccc(-c2nc(C(N)=O)n3cc(Cl)ccc23)c1. The molecule has 1 aromatic carbocycles. The van der Waals surface area contributed by atoms with Gasteiger partial charge in [-0.15, -0.1) is 0 Å². The van der Waals surface area contributed by atoms with Gasteiger partial charge in [0.1, 0.15) is 5.60 Å². The third-order valence-corrected chi connectivity index (χ3v) is 4.04. The summed E-state index contributed by atoms with van der Waals surface area (Å²) in [5, 5.41) is 10.4. The number of rotatable bonds is 3. The molecule has 1 atom stereocenters. The van der Waals surface area contributed by atoms with Gasteiger partial charge in [0, 0.05) is 17.3 Å². The van der Waals surface area contributed by atoms with Crippen LogP contribution in [-0.4, -0.2) is 26.0 Å². The highest BCUT2D eigenvalue weighted by Crippen LogP contribution is 2.27. The normalized spacial score (nSPS) is 12.9. The number of primary amides is 1. The number of imidazole rings is 1. The van der Waals surface area contributed by atoms with E-state index in [1.165, 1.54) is 6.08 Å². The van der Waals surface area contributed by atoms with E-state index in [9.17, 15) is 9.90 Å². The summed E-state index contributed by atoms with van der Waals surface area (Å²) in [6.07, 6.45) is 2.97. The van der Waals surface area contributed by atoms with E-state index in [2.05, 4.69) is 23.4 Å². The zero-order valence-electron chi connectivity index (χ0n) is 14.0. The molecule has 130 valence electrons. The zero-order valence-corrected chi connectivity index (χ0v) is 14.8. The lowest BCUT2D eigenvalue weighted by molar-refractivity contribution is 0.0990. The van der Waals surface area contributed by atoms with E-state index in [-0.39, 0.29) is 5.82 Å². The highest BCUT2D eigenvalue weighted by molar-refractivity contribution is 6.30. The van der Waals surface area contributed by atoms with Crippen molar-refractivity contribution in [1.29, 1.82) is 0 Å². The summed E-state index contributed by atoms with van der Waals surface area (Å²) in [6.45, 7) is 5.11. The van der Waals surface area contributed by atoms with E-state index in [1.807, 2.05) is 24.3 Å². The Labute approximate surface area is 155 Å². The first-order chi connectivity index (χ1) is 12.3. The third kappa shape index (κ3) is 3.47. The molecule has 1 unspecified atom stereocenters. The van der Waals surface area contributed by atoms with Crippen LogP contribution in [0.15, 0.2) is 55.3 Å². The van der Waals surface area contributed by atoms with Gasteiger partial charge in [0.05, 0.1) is 16.2 Å². The smallest absolute Gasteiger partial charge is 0.285 e. The van der Waals surface area contributed by atoms with Crippen molar-refractivity contribution in [2.45, 2.75) is 12.5 Å². The van der Waals surface area contributed by atoms with E-state index >= 15 is 0 Å². The van der Waals surface area contributed by atoms with E-state index < -0.39 is 11.5 Å².